The van der Waals surface area contributed by atoms with Crippen LogP contribution in [0.25, 0.3) is 0 Å². The first-order valence-corrected chi connectivity index (χ1v) is 5.71. The van der Waals surface area contributed by atoms with Gasteiger partial charge in [-0.15, -0.1) is 0 Å². The molecule has 94 valence electrons. The van der Waals surface area contributed by atoms with Gasteiger partial charge in [-0.3, -0.25) is 0 Å². The lowest BCUT2D eigenvalue weighted by molar-refractivity contribution is 0.150. The molecular formula is C15H14F2O. The van der Waals surface area contributed by atoms with Gasteiger partial charge in [-0.1, -0.05) is 42.5 Å². The maximum atomic E-state index is 12.6. The number of aliphatic hydroxyl groups excluding tert-OH is 1. The van der Waals surface area contributed by atoms with Crippen molar-refractivity contribution in [2.75, 3.05) is 0 Å². The summed E-state index contributed by atoms with van der Waals surface area (Å²) < 4.78 is 25.2. The average Bonchev–Trinajstić information content (AvgIpc) is 2.38. The zero-order valence-electron chi connectivity index (χ0n) is 9.98. The van der Waals surface area contributed by atoms with Crippen LogP contribution in [0.1, 0.15) is 34.8 Å². The van der Waals surface area contributed by atoms with E-state index in [-0.39, 0.29) is 5.56 Å². The molecule has 0 heterocycles. The first-order valence-electron chi connectivity index (χ1n) is 5.71. The van der Waals surface area contributed by atoms with Crippen molar-refractivity contribution in [1.29, 1.82) is 0 Å². The van der Waals surface area contributed by atoms with Crippen LogP contribution in [0, 0.1) is 6.92 Å². The lowest BCUT2D eigenvalue weighted by Gasteiger charge is -2.15. The molecule has 1 atom stereocenters. The van der Waals surface area contributed by atoms with E-state index < -0.39 is 12.5 Å². The summed E-state index contributed by atoms with van der Waals surface area (Å²) >= 11 is 0. The molecule has 0 aliphatic carbocycles. The Kier molecular flexibility index (Phi) is 3.72. The molecule has 1 nitrogen and oxygen atoms in total. The second-order valence-corrected chi connectivity index (χ2v) is 4.23. The molecule has 1 N–H and O–H groups in total. The summed E-state index contributed by atoms with van der Waals surface area (Å²) in [5.74, 6) is 0. The molecule has 18 heavy (non-hydrogen) atoms. The normalized spacial score (nSPS) is 12.7. The Balaban J connectivity index is 2.37. The van der Waals surface area contributed by atoms with E-state index in [1.165, 1.54) is 12.1 Å². The highest BCUT2D eigenvalue weighted by Crippen LogP contribution is 2.27. The molecule has 2 aromatic carbocycles. The van der Waals surface area contributed by atoms with Gasteiger partial charge in [0, 0.05) is 5.56 Å². The fourth-order valence-corrected chi connectivity index (χ4v) is 1.94. The second-order valence-electron chi connectivity index (χ2n) is 4.23. The van der Waals surface area contributed by atoms with Crippen molar-refractivity contribution in [2.45, 2.75) is 19.5 Å². The third-order valence-corrected chi connectivity index (χ3v) is 2.96. The first kappa shape index (κ1) is 12.7. The number of aliphatic hydroxyl groups is 1. The molecule has 2 aromatic rings. The van der Waals surface area contributed by atoms with Gasteiger partial charge in [-0.05, 0) is 29.7 Å². The van der Waals surface area contributed by atoms with Crippen LogP contribution in [0.5, 0.6) is 0 Å². The molecule has 0 saturated carbocycles. The molecule has 0 spiro atoms. The Labute approximate surface area is 105 Å². The van der Waals surface area contributed by atoms with Gasteiger partial charge in [0.25, 0.3) is 6.43 Å². The quantitative estimate of drug-likeness (QED) is 0.870. The molecule has 2 rings (SSSR count). The van der Waals surface area contributed by atoms with Crippen LogP contribution < -0.4 is 0 Å². The second kappa shape index (κ2) is 5.27. The van der Waals surface area contributed by atoms with Crippen molar-refractivity contribution in [2.24, 2.45) is 0 Å². The maximum Gasteiger partial charge on any atom is 0.263 e. The molecule has 0 bridgehead atoms. The Hall–Kier alpha value is -1.74. The molecule has 0 amide bonds. The topological polar surface area (TPSA) is 20.2 Å². The molecule has 0 aromatic heterocycles. The van der Waals surface area contributed by atoms with E-state index in [9.17, 15) is 13.9 Å². The number of aryl methyl sites for hydroxylation is 1. The maximum absolute atomic E-state index is 12.6. The lowest BCUT2D eigenvalue weighted by Crippen LogP contribution is -2.02. The standard InChI is InChI=1S/C15H14F2O/c1-10-5-2-3-8-13(10)14(18)11-6-4-7-12(9-11)15(16)17/h2-9,14-15,18H,1H3. The first-order chi connectivity index (χ1) is 8.59. The van der Waals surface area contributed by atoms with Crippen LogP contribution in [0.2, 0.25) is 0 Å². The molecule has 0 saturated heterocycles. The predicted molar refractivity (Wildman–Crippen MR) is 66.6 cm³/mol. The molecule has 0 fully saturated rings. The van der Waals surface area contributed by atoms with Gasteiger partial charge in [0.15, 0.2) is 0 Å². The number of alkyl halides is 2. The summed E-state index contributed by atoms with van der Waals surface area (Å²) in [5.41, 5.74) is 2.10. The Morgan fingerprint density at radius 1 is 0.944 bits per heavy atom. The zero-order chi connectivity index (χ0) is 13.1. The van der Waals surface area contributed by atoms with Crippen LogP contribution >= 0.6 is 0 Å². The van der Waals surface area contributed by atoms with Crippen LogP contribution in [-0.4, -0.2) is 5.11 Å². The fraction of sp³-hybridized carbons (Fsp3) is 0.200. The predicted octanol–water partition coefficient (Wildman–Crippen LogP) is 4.01. The van der Waals surface area contributed by atoms with Crippen LogP contribution in [-0.2, 0) is 0 Å². The highest BCUT2D eigenvalue weighted by Gasteiger charge is 2.15. The third kappa shape index (κ3) is 2.57. The highest BCUT2D eigenvalue weighted by atomic mass is 19.3. The van der Waals surface area contributed by atoms with Gasteiger partial charge in [0.1, 0.15) is 6.10 Å². The van der Waals surface area contributed by atoms with Crippen molar-refractivity contribution in [3.05, 3.63) is 70.8 Å². The Morgan fingerprint density at radius 2 is 1.61 bits per heavy atom. The number of benzene rings is 2. The highest BCUT2D eigenvalue weighted by molar-refractivity contribution is 5.36. The summed E-state index contributed by atoms with van der Waals surface area (Å²) in [6, 6.07) is 13.3. The monoisotopic (exact) mass is 248 g/mol. The Bertz CT molecular complexity index is 538. The molecule has 3 heteroatoms. The number of rotatable bonds is 3. The van der Waals surface area contributed by atoms with E-state index in [2.05, 4.69) is 0 Å². The van der Waals surface area contributed by atoms with Crippen molar-refractivity contribution < 1.29 is 13.9 Å². The van der Waals surface area contributed by atoms with Crippen molar-refractivity contribution >= 4 is 0 Å². The minimum atomic E-state index is -2.52. The van der Waals surface area contributed by atoms with E-state index >= 15 is 0 Å². The number of halogens is 2. The van der Waals surface area contributed by atoms with Crippen LogP contribution in [0.3, 0.4) is 0 Å². The molecule has 0 radical (unpaired) electrons. The summed E-state index contributed by atoms with van der Waals surface area (Å²) in [5, 5.41) is 10.2. The van der Waals surface area contributed by atoms with Gasteiger partial charge in [0.05, 0.1) is 0 Å². The van der Waals surface area contributed by atoms with E-state index in [4.69, 9.17) is 0 Å². The van der Waals surface area contributed by atoms with Gasteiger partial charge in [-0.25, -0.2) is 8.78 Å². The number of hydrogen-bond donors (Lipinski definition) is 1. The summed E-state index contributed by atoms with van der Waals surface area (Å²) in [4.78, 5) is 0. The van der Waals surface area contributed by atoms with Gasteiger partial charge >= 0.3 is 0 Å². The lowest BCUT2D eigenvalue weighted by atomic mass is 9.96. The molecule has 0 aliphatic rings. The number of hydrogen-bond acceptors (Lipinski definition) is 1. The average molecular weight is 248 g/mol. The van der Waals surface area contributed by atoms with Crippen molar-refractivity contribution in [3.8, 4) is 0 Å². The third-order valence-electron chi connectivity index (χ3n) is 2.96. The molecular weight excluding hydrogens is 234 g/mol. The largest absolute Gasteiger partial charge is 0.384 e. The SMILES string of the molecule is Cc1ccccc1C(O)c1cccc(C(F)F)c1. The van der Waals surface area contributed by atoms with E-state index in [0.717, 1.165) is 11.1 Å². The molecule has 1 unspecified atom stereocenters. The van der Waals surface area contributed by atoms with E-state index in [1.807, 2.05) is 25.1 Å². The van der Waals surface area contributed by atoms with Gasteiger partial charge in [-0.2, -0.15) is 0 Å². The van der Waals surface area contributed by atoms with Crippen LogP contribution in [0.15, 0.2) is 48.5 Å². The van der Waals surface area contributed by atoms with Gasteiger partial charge < -0.3 is 5.11 Å². The minimum Gasteiger partial charge on any atom is -0.384 e. The fourth-order valence-electron chi connectivity index (χ4n) is 1.94. The zero-order valence-corrected chi connectivity index (χ0v) is 9.98. The summed E-state index contributed by atoms with van der Waals surface area (Å²) in [6.07, 6.45) is -3.39. The minimum absolute atomic E-state index is 0.0693. The smallest absolute Gasteiger partial charge is 0.263 e. The van der Waals surface area contributed by atoms with Crippen LogP contribution in [0.4, 0.5) is 8.78 Å². The van der Waals surface area contributed by atoms with Crippen molar-refractivity contribution in [1.82, 2.24) is 0 Å². The summed E-state index contributed by atoms with van der Waals surface area (Å²) in [6.45, 7) is 1.88. The van der Waals surface area contributed by atoms with Crippen molar-refractivity contribution in [3.63, 3.8) is 0 Å². The van der Waals surface area contributed by atoms with E-state index in [1.54, 1.807) is 18.2 Å². The van der Waals surface area contributed by atoms with Gasteiger partial charge in [0.2, 0.25) is 0 Å². The summed E-state index contributed by atoms with van der Waals surface area (Å²) in [7, 11) is 0. The molecule has 0 aliphatic heterocycles. The van der Waals surface area contributed by atoms with E-state index in [0.29, 0.717) is 5.56 Å². The Morgan fingerprint density at radius 3 is 2.28 bits per heavy atom.